The molecule has 9 heteroatoms. The maximum Gasteiger partial charge on any atom is 0.243 e. The van der Waals surface area contributed by atoms with Crippen LogP contribution in [0.15, 0.2) is 23.1 Å². The van der Waals surface area contributed by atoms with Gasteiger partial charge in [0.05, 0.1) is 21.6 Å². The molecule has 0 amide bonds. The van der Waals surface area contributed by atoms with Crippen molar-refractivity contribution in [1.29, 1.82) is 0 Å². The Balaban J connectivity index is 2.29. The minimum Gasteiger partial charge on any atom is -0.229 e. The van der Waals surface area contributed by atoms with E-state index in [4.69, 9.17) is 23.2 Å². The van der Waals surface area contributed by atoms with Crippen LogP contribution in [0.4, 0.5) is 0 Å². The van der Waals surface area contributed by atoms with Crippen molar-refractivity contribution < 1.29 is 16.8 Å². The third-order valence-electron chi connectivity index (χ3n) is 2.74. The second-order valence-electron chi connectivity index (χ2n) is 4.27. The minimum atomic E-state index is -3.93. The molecule has 1 heterocycles. The Labute approximate surface area is 121 Å². The Hall–Kier alpha value is -0.340. The normalized spacial score (nSPS) is 22.5. The van der Waals surface area contributed by atoms with Crippen LogP contribution >= 0.6 is 23.2 Å². The Bertz CT molecular complexity index is 680. The summed E-state index contributed by atoms with van der Waals surface area (Å²) < 4.78 is 49.3. The molecule has 0 unspecified atom stereocenters. The molecular weight excluding hydrogens is 333 g/mol. The summed E-state index contributed by atoms with van der Waals surface area (Å²) in [6, 6.07) is 3.71. The zero-order valence-electron chi connectivity index (χ0n) is 9.64. The van der Waals surface area contributed by atoms with Crippen molar-refractivity contribution in [3.05, 3.63) is 28.2 Å². The maximum atomic E-state index is 12.2. The zero-order valence-corrected chi connectivity index (χ0v) is 12.8. The molecule has 1 N–H and O–H groups in total. The maximum absolute atomic E-state index is 12.2. The molecule has 0 aliphatic carbocycles. The first-order chi connectivity index (χ1) is 8.71. The van der Waals surface area contributed by atoms with Gasteiger partial charge in [-0.15, -0.1) is 0 Å². The molecule has 19 heavy (non-hydrogen) atoms. The van der Waals surface area contributed by atoms with Crippen LogP contribution in [0.3, 0.4) is 0 Å². The molecular formula is C10H11Cl2NO4S2. The van der Waals surface area contributed by atoms with Crippen LogP contribution < -0.4 is 4.72 Å². The molecule has 1 aliphatic heterocycles. The zero-order chi connectivity index (χ0) is 14.3. The highest BCUT2D eigenvalue weighted by Gasteiger charge is 2.32. The van der Waals surface area contributed by atoms with Crippen LogP contribution in [0, 0.1) is 0 Å². The molecule has 0 saturated carbocycles. The first-order valence-electron chi connectivity index (χ1n) is 5.38. The van der Waals surface area contributed by atoms with Gasteiger partial charge in [-0.2, -0.15) is 0 Å². The van der Waals surface area contributed by atoms with E-state index >= 15 is 0 Å². The number of rotatable bonds is 3. The molecule has 0 spiro atoms. The van der Waals surface area contributed by atoms with Gasteiger partial charge in [-0.05, 0) is 18.6 Å². The lowest BCUT2D eigenvalue weighted by molar-refractivity contribution is 0.562. The molecule has 5 nitrogen and oxygen atoms in total. The van der Waals surface area contributed by atoms with E-state index in [1.807, 2.05) is 0 Å². The van der Waals surface area contributed by atoms with Crippen molar-refractivity contribution >= 4 is 43.1 Å². The van der Waals surface area contributed by atoms with Crippen molar-refractivity contribution in [2.45, 2.75) is 17.4 Å². The van der Waals surface area contributed by atoms with Crippen molar-refractivity contribution in [3.8, 4) is 0 Å². The number of hydrogen-bond donors (Lipinski definition) is 1. The summed E-state index contributed by atoms with van der Waals surface area (Å²) in [5.41, 5.74) is 0. The summed E-state index contributed by atoms with van der Waals surface area (Å²) in [5.74, 6) is -0.218. The number of hydrogen-bond acceptors (Lipinski definition) is 4. The van der Waals surface area contributed by atoms with E-state index < -0.39 is 25.9 Å². The van der Waals surface area contributed by atoms with Gasteiger partial charge < -0.3 is 0 Å². The predicted molar refractivity (Wildman–Crippen MR) is 73.8 cm³/mol. The summed E-state index contributed by atoms with van der Waals surface area (Å²) in [6.07, 6.45) is 0.254. The molecule has 2 rings (SSSR count). The number of sulfone groups is 1. The lowest BCUT2D eigenvalue weighted by Crippen LogP contribution is -2.35. The number of sulfonamides is 1. The van der Waals surface area contributed by atoms with Crippen LogP contribution in [0.25, 0.3) is 0 Å². The average Bonchev–Trinajstić information content (AvgIpc) is 2.56. The monoisotopic (exact) mass is 343 g/mol. The highest BCUT2D eigenvalue weighted by molar-refractivity contribution is 7.92. The summed E-state index contributed by atoms with van der Waals surface area (Å²) >= 11 is 11.7. The van der Waals surface area contributed by atoms with Gasteiger partial charge in [-0.1, -0.05) is 29.3 Å². The summed E-state index contributed by atoms with van der Waals surface area (Å²) in [7, 11) is -7.10. The second kappa shape index (κ2) is 5.21. The number of nitrogens with one attached hydrogen (secondary N) is 1. The first-order valence-corrected chi connectivity index (χ1v) is 9.44. The molecule has 106 valence electrons. The van der Waals surface area contributed by atoms with Crippen molar-refractivity contribution in [2.75, 3.05) is 11.5 Å². The van der Waals surface area contributed by atoms with Gasteiger partial charge in [0, 0.05) is 6.04 Å². The van der Waals surface area contributed by atoms with Crippen LogP contribution in [0.5, 0.6) is 0 Å². The molecule has 0 radical (unpaired) electrons. The largest absolute Gasteiger partial charge is 0.243 e. The van der Waals surface area contributed by atoms with E-state index in [1.165, 1.54) is 18.2 Å². The third-order valence-corrected chi connectivity index (χ3v) is 6.98. The molecule has 1 fully saturated rings. The van der Waals surface area contributed by atoms with E-state index in [9.17, 15) is 16.8 Å². The van der Waals surface area contributed by atoms with Gasteiger partial charge in [0.1, 0.15) is 4.90 Å². The quantitative estimate of drug-likeness (QED) is 0.900. The smallest absolute Gasteiger partial charge is 0.229 e. The number of benzene rings is 1. The average molecular weight is 344 g/mol. The summed E-state index contributed by atoms with van der Waals surface area (Å²) in [4.78, 5) is -0.220. The molecule has 1 aliphatic rings. The molecule has 1 atom stereocenters. The minimum absolute atomic E-state index is 0.000791. The lowest BCUT2D eigenvalue weighted by atomic mass is 10.3. The van der Waals surface area contributed by atoms with Crippen LogP contribution in [-0.2, 0) is 19.9 Å². The first kappa shape index (κ1) is 15.1. The Kier molecular flexibility index (Phi) is 4.13. The molecule has 1 aromatic rings. The molecule has 0 bridgehead atoms. The fraction of sp³-hybridized carbons (Fsp3) is 0.400. The van der Waals surface area contributed by atoms with Gasteiger partial charge in [0.2, 0.25) is 10.0 Å². The van der Waals surface area contributed by atoms with Crippen LogP contribution in [-0.4, -0.2) is 34.4 Å². The highest BCUT2D eigenvalue weighted by Crippen LogP contribution is 2.29. The van der Waals surface area contributed by atoms with Gasteiger partial charge in [-0.3, -0.25) is 0 Å². The molecule has 0 aromatic heterocycles. The van der Waals surface area contributed by atoms with E-state index in [1.54, 1.807) is 0 Å². The van der Waals surface area contributed by atoms with E-state index in [0.717, 1.165) is 0 Å². The SMILES string of the molecule is O=S1(=O)CC[C@H](NS(=O)(=O)c2c(Cl)cccc2Cl)C1. The third kappa shape index (κ3) is 3.41. The van der Waals surface area contributed by atoms with Crippen molar-refractivity contribution in [2.24, 2.45) is 0 Å². The van der Waals surface area contributed by atoms with Gasteiger partial charge in [0.15, 0.2) is 9.84 Å². The second-order valence-corrected chi connectivity index (χ2v) is 8.97. The van der Waals surface area contributed by atoms with E-state index in [2.05, 4.69) is 4.72 Å². The fourth-order valence-electron chi connectivity index (χ4n) is 1.91. The van der Waals surface area contributed by atoms with E-state index in [-0.39, 0.29) is 32.9 Å². The summed E-state index contributed by atoms with van der Waals surface area (Å²) in [6.45, 7) is 0. The van der Waals surface area contributed by atoms with Crippen molar-refractivity contribution in [3.63, 3.8) is 0 Å². The number of halogens is 2. The predicted octanol–water partition coefficient (Wildman–Crippen LogP) is 1.46. The van der Waals surface area contributed by atoms with Gasteiger partial charge in [-0.25, -0.2) is 21.6 Å². The van der Waals surface area contributed by atoms with Crippen LogP contribution in [0.1, 0.15) is 6.42 Å². The summed E-state index contributed by atoms with van der Waals surface area (Å²) in [5, 5.41) is 0.00158. The standard InChI is InChI=1S/C10H11Cl2NO4S2/c11-8-2-1-3-9(12)10(8)19(16,17)13-7-4-5-18(14,15)6-7/h1-3,7,13H,4-6H2/t7-/m0/s1. The molecule has 1 saturated heterocycles. The topological polar surface area (TPSA) is 80.3 Å². The van der Waals surface area contributed by atoms with E-state index in [0.29, 0.717) is 0 Å². The van der Waals surface area contributed by atoms with Crippen LogP contribution in [0.2, 0.25) is 10.0 Å². The Morgan fingerprint density at radius 3 is 2.26 bits per heavy atom. The molecule has 1 aromatic carbocycles. The highest BCUT2D eigenvalue weighted by atomic mass is 35.5. The lowest BCUT2D eigenvalue weighted by Gasteiger charge is -2.13. The van der Waals surface area contributed by atoms with Gasteiger partial charge >= 0.3 is 0 Å². The fourth-order valence-corrected chi connectivity index (χ4v) is 6.10. The Morgan fingerprint density at radius 1 is 1.21 bits per heavy atom. The van der Waals surface area contributed by atoms with Gasteiger partial charge in [0.25, 0.3) is 0 Å². The van der Waals surface area contributed by atoms with Crippen molar-refractivity contribution in [1.82, 2.24) is 4.72 Å². The Morgan fingerprint density at radius 2 is 1.79 bits per heavy atom.